The van der Waals surface area contributed by atoms with Crippen LogP contribution in [-0.4, -0.2) is 0 Å². The van der Waals surface area contributed by atoms with Gasteiger partial charge in [-0.15, -0.1) is 0 Å². The molecule has 9 aromatic rings. The number of para-hydroxylation sites is 5. The predicted molar refractivity (Wildman–Crippen MR) is 272 cm³/mol. The van der Waals surface area contributed by atoms with Crippen LogP contribution in [0.3, 0.4) is 0 Å². The summed E-state index contributed by atoms with van der Waals surface area (Å²) in [6, 6.07) is 83.8. The van der Waals surface area contributed by atoms with E-state index >= 15 is 0 Å². The maximum absolute atomic E-state index is 2.44. The van der Waals surface area contributed by atoms with E-state index in [1.54, 1.807) is 0 Å². The fourth-order valence-electron chi connectivity index (χ4n) is 9.50. The Morgan fingerprint density at radius 1 is 0.312 bits per heavy atom. The van der Waals surface area contributed by atoms with Gasteiger partial charge in [-0.1, -0.05) is 174 Å². The first-order valence-corrected chi connectivity index (χ1v) is 22.4. The molecule has 1 aliphatic carbocycles. The lowest BCUT2D eigenvalue weighted by atomic mass is 9.81. The van der Waals surface area contributed by atoms with E-state index < -0.39 is 0 Å². The number of nitrogens with zero attached hydrogens (tertiary/aromatic N) is 3. The molecule has 0 saturated heterocycles. The molecular weight excluding hydrogens is 775 g/mol. The zero-order chi connectivity index (χ0) is 43.8. The third kappa shape index (κ3) is 7.54. The van der Waals surface area contributed by atoms with Crippen LogP contribution in [-0.2, 0) is 10.8 Å². The molecule has 0 N–H and O–H groups in total. The van der Waals surface area contributed by atoms with Crippen molar-refractivity contribution in [1.82, 2.24) is 0 Å². The van der Waals surface area contributed by atoms with Crippen LogP contribution in [0.2, 0.25) is 0 Å². The van der Waals surface area contributed by atoms with Crippen molar-refractivity contribution in [1.29, 1.82) is 0 Å². The minimum Gasteiger partial charge on any atom is -0.310 e. The van der Waals surface area contributed by atoms with Gasteiger partial charge in [0.05, 0.1) is 17.1 Å². The lowest BCUT2D eigenvalue weighted by molar-refractivity contribution is 0.590. The molecule has 64 heavy (non-hydrogen) atoms. The van der Waals surface area contributed by atoms with E-state index in [2.05, 4.69) is 280 Å². The quantitative estimate of drug-likeness (QED) is 0.136. The zero-order valence-electron chi connectivity index (χ0n) is 37.3. The normalized spacial score (nSPS) is 12.6. The first-order chi connectivity index (χ1) is 31.1. The van der Waals surface area contributed by atoms with Crippen molar-refractivity contribution in [2.45, 2.75) is 45.4 Å². The fourth-order valence-corrected chi connectivity index (χ4v) is 9.50. The first-order valence-electron chi connectivity index (χ1n) is 22.4. The van der Waals surface area contributed by atoms with Gasteiger partial charge in [-0.25, -0.2) is 0 Å². The van der Waals surface area contributed by atoms with Crippen LogP contribution < -0.4 is 14.7 Å². The second-order valence-corrected chi connectivity index (χ2v) is 18.3. The summed E-state index contributed by atoms with van der Waals surface area (Å²) in [5.74, 6) is 0. The number of anilines is 9. The van der Waals surface area contributed by atoms with Gasteiger partial charge >= 0.3 is 0 Å². The molecule has 312 valence electrons. The molecular formula is C61H53N3. The number of hydrogen-bond donors (Lipinski definition) is 0. The van der Waals surface area contributed by atoms with Crippen molar-refractivity contribution < 1.29 is 0 Å². The van der Waals surface area contributed by atoms with E-state index in [0.29, 0.717) is 0 Å². The predicted octanol–water partition coefficient (Wildman–Crippen LogP) is 17.4. The van der Waals surface area contributed by atoms with Crippen molar-refractivity contribution >= 4 is 51.2 Å². The Morgan fingerprint density at radius 3 is 1.09 bits per heavy atom. The highest BCUT2D eigenvalue weighted by molar-refractivity contribution is 5.95. The van der Waals surface area contributed by atoms with Gasteiger partial charge in [-0.3, -0.25) is 0 Å². The second kappa shape index (κ2) is 16.6. The molecule has 0 bridgehead atoms. The molecule has 0 amide bonds. The highest BCUT2D eigenvalue weighted by atomic mass is 15.2. The summed E-state index contributed by atoms with van der Waals surface area (Å²) >= 11 is 0. The molecule has 0 spiro atoms. The summed E-state index contributed by atoms with van der Waals surface area (Å²) in [6.45, 7) is 11.6. The van der Waals surface area contributed by atoms with Crippen molar-refractivity contribution in [2.24, 2.45) is 0 Å². The summed E-state index contributed by atoms with van der Waals surface area (Å²) in [5, 5.41) is 0. The summed E-state index contributed by atoms with van der Waals surface area (Å²) in [6.07, 6.45) is 0. The molecule has 0 saturated carbocycles. The Morgan fingerprint density at radius 2 is 0.703 bits per heavy atom. The van der Waals surface area contributed by atoms with E-state index in [1.165, 1.54) is 38.9 Å². The number of benzene rings is 9. The van der Waals surface area contributed by atoms with Crippen molar-refractivity contribution in [3.63, 3.8) is 0 Å². The van der Waals surface area contributed by atoms with Crippen LogP contribution in [0, 0.1) is 0 Å². The highest BCUT2D eigenvalue weighted by Gasteiger charge is 2.38. The molecule has 0 unspecified atom stereocenters. The minimum atomic E-state index is -0.230. The Hall–Kier alpha value is -7.62. The zero-order valence-corrected chi connectivity index (χ0v) is 37.3. The smallest absolute Gasteiger partial charge is 0.0503 e. The molecule has 3 heteroatoms. The van der Waals surface area contributed by atoms with E-state index in [-0.39, 0.29) is 10.8 Å². The molecule has 0 radical (unpaired) electrons. The van der Waals surface area contributed by atoms with Gasteiger partial charge in [0, 0.05) is 39.5 Å². The Bertz CT molecular complexity index is 2850. The molecule has 0 aliphatic heterocycles. The van der Waals surface area contributed by atoms with E-state index in [4.69, 9.17) is 0 Å². The third-order valence-electron chi connectivity index (χ3n) is 12.7. The highest BCUT2D eigenvalue weighted by Crippen LogP contribution is 2.54. The summed E-state index contributed by atoms with van der Waals surface area (Å²) in [4.78, 5) is 7.16. The van der Waals surface area contributed by atoms with E-state index in [0.717, 1.165) is 51.2 Å². The van der Waals surface area contributed by atoms with Crippen molar-refractivity contribution in [3.8, 4) is 22.3 Å². The van der Waals surface area contributed by atoms with Crippen LogP contribution in [0.5, 0.6) is 0 Å². The number of rotatable bonds is 10. The average molecular weight is 828 g/mol. The SMILES string of the molecule is CC(C)(C)c1ccc(-c2cccc3c2-c2ccc(N(c4ccccc4)c4cc(N(c5ccccc5)c5ccccc5)cc(N(c5ccccc5)c5ccccc5)c4)cc2C3(C)C)cc1. The monoisotopic (exact) mass is 827 g/mol. The van der Waals surface area contributed by atoms with Gasteiger partial charge in [0.15, 0.2) is 0 Å². The molecule has 10 rings (SSSR count). The number of fused-ring (bicyclic) bond motifs is 3. The van der Waals surface area contributed by atoms with Gasteiger partial charge in [0.2, 0.25) is 0 Å². The maximum atomic E-state index is 2.44. The lowest BCUT2D eigenvalue weighted by Crippen LogP contribution is -2.18. The average Bonchev–Trinajstić information content (AvgIpc) is 3.56. The molecule has 0 heterocycles. The lowest BCUT2D eigenvalue weighted by Gasteiger charge is -2.33. The molecule has 0 atom stereocenters. The Balaban J connectivity index is 1.20. The molecule has 9 aromatic carbocycles. The molecule has 1 aliphatic rings. The summed E-state index contributed by atoms with van der Waals surface area (Å²) in [5.41, 5.74) is 18.6. The van der Waals surface area contributed by atoms with E-state index in [1.807, 2.05) is 0 Å². The van der Waals surface area contributed by atoms with Crippen LogP contribution in [0.25, 0.3) is 22.3 Å². The van der Waals surface area contributed by atoms with Crippen molar-refractivity contribution in [2.75, 3.05) is 14.7 Å². The van der Waals surface area contributed by atoms with Gasteiger partial charge < -0.3 is 14.7 Å². The Kier molecular flexibility index (Phi) is 10.5. The molecule has 3 nitrogen and oxygen atoms in total. The van der Waals surface area contributed by atoms with Gasteiger partial charge in [-0.2, -0.15) is 0 Å². The Labute approximate surface area is 379 Å². The van der Waals surface area contributed by atoms with Gasteiger partial charge in [0.1, 0.15) is 0 Å². The number of hydrogen-bond acceptors (Lipinski definition) is 3. The molecule has 0 aromatic heterocycles. The fraction of sp³-hybridized carbons (Fsp3) is 0.115. The van der Waals surface area contributed by atoms with Gasteiger partial charge in [0.25, 0.3) is 0 Å². The summed E-state index contributed by atoms with van der Waals surface area (Å²) < 4.78 is 0. The van der Waals surface area contributed by atoms with Crippen LogP contribution in [0.15, 0.2) is 231 Å². The first kappa shape index (κ1) is 40.5. The standard InChI is InChI=1S/C61H53N3/c1-60(2,3)45-36-34-44(35-37-45)55-32-21-33-57-59(55)56-39-38-51(43-58(56)61(57,4)5)64(50-30-19-10-20-31-50)54-41-52(62(46-22-11-6-12-23-46)47-24-13-7-14-25-47)40-53(42-54)63(48-26-15-8-16-27-48)49-28-17-9-18-29-49/h6-43H,1-5H3. The largest absolute Gasteiger partial charge is 0.310 e. The minimum absolute atomic E-state index is 0.0931. The van der Waals surface area contributed by atoms with Crippen LogP contribution in [0.1, 0.15) is 51.3 Å². The van der Waals surface area contributed by atoms with Crippen LogP contribution >= 0.6 is 0 Å². The van der Waals surface area contributed by atoms with Crippen LogP contribution in [0.4, 0.5) is 51.2 Å². The third-order valence-corrected chi connectivity index (χ3v) is 12.7. The summed E-state index contributed by atoms with van der Waals surface area (Å²) in [7, 11) is 0. The maximum Gasteiger partial charge on any atom is 0.0503 e. The van der Waals surface area contributed by atoms with E-state index in [9.17, 15) is 0 Å². The molecule has 0 fully saturated rings. The second-order valence-electron chi connectivity index (χ2n) is 18.3. The van der Waals surface area contributed by atoms with Gasteiger partial charge in [-0.05, 0) is 135 Å². The topological polar surface area (TPSA) is 9.72 Å². The van der Waals surface area contributed by atoms with Crippen molar-refractivity contribution in [3.05, 3.63) is 247 Å².